The first kappa shape index (κ1) is 17.8. The topological polar surface area (TPSA) is 78.9 Å². The summed E-state index contributed by atoms with van der Waals surface area (Å²) in [4.78, 5) is 13.6. The van der Waals surface area contributed by atoms with Crippen molar-refractivity contribution in [3.8, 4) is 5.75 Å². The van der Waals surface area contributed by atoms with Crippen molar-refractivity contribution in [2.24, 2.45) is 11.8 Å². The summed E-state index contributed by atoms with van der Waals surface area (Å²) in [6.45, 7) is -0.179. The van der Waals surface area contributed by atoms with Crippen LogP contribution in [-0.4, -0.2) is 50.0 Å². The summed E-state index contributed by atoms with van der Waals surface area (Å²) in [5, 5.41) is -0.405. The molecule has 2 saturated carbocycles. The molecule has 5 unspecified atom stereocenters. The molecule has 0 spiro atoms. The zero-order valence-corrected chi connectivity index (χ0v) is 16.5. The molecule has 0 amide bonds. The second-order valence-corrected chi connectivity index (χ2v) is 11.9. The minimum atomic E-state index is -3.49. The molecule has 146 valence electrons. The van der Waals surface area contributed by atoms with Crippen LogP contribution in [0.5, 0.6) is 5.75 Å². The third-order valence-electron chi connectivity index (χ3n) is 6.23. The maximum absolute atomic E-state index is 12.2. The van der Waals surface area contributed by atoms with Crippen LogP contribution in [0, 0.1) is 11.8 Å². The van der Waals surface area contributed by atoms with Gasteiger partial charge in [-0.15, -0.1) is 0 Å². The van der Waals surface area contributed by atoms with E-state index < -0.39 is 33.5 Å². The number of ether oxygens (including phenoxy) is 2. The van der Waals surface area contributed by atoms with Gasteiger partial charge in [0.25, 0.3) is 10.1 Å². The Labute approximate surface area is 162 Å². The van der Waals surface area contributed by atoms with Crippen LogP contribution in [0.2, 0.25) is 0 Å². The molecule has 2 bridgehead atoms. The van der Waals surface area contributed by atoms with Gasteiger partial charge in [-0.2, -0.15) is 8.42 Å². The van der Waals surface area contributed by atoms with E-state index in [1.165, 1.54) is 29.2 Å². The number of hydrogen-bond donors (Lipinski definition) is 0. The van der Waals surface area contributed by atoms with Crippen LogP contribution in [0.3, 0.4) is 0 Å². The van der Waals surface area contributed by atoms with Gasteiger partial charge in [-0.05, 0) is 49.9 Å². The van der Waals surface area contributed by atoms with Gasteiger partial charge in [-0.1, -0.05) is 0 Å². The predicted molar refractivity (Wildman–Crippen MR) is 100 cm³/mol. The largest absolute Gasteiger partial charge is 0.482 e. The highest BCUT2D eigenvalue weighted by Gasteiger charge is 2.65. The summed E-state index contributed by atoms with van der Waals surface area (Å²) in [5.74, 6) is 2.77. The van der Waals surface area contributed by atoms with Gasteiger partial charge in [-0.25, -0.2) is 4.79 Å². The summed E-state index contributed by atoms with van der Waals surface area (Å²) in [6, 6.07) is 7.98. The van der Waals surface area contributed by atoms with E-state index in [0.29, 0.717) is 23.1 Å². The van der Waals surface area contributed by atoms with Gasteiger partial charge < -0.3 is 9.47 Å². The fourth-order valence-electron chi connectivity index (χ4n) is 4.99. The van der Waals surface area contributed by atoms with Gasteiger partial charge >= 0.3 is 5.97 Å². The van der Waals surface area contributed by atoms with E-state index in [1.54, 1.807) is 0 Å². The van der Waals surface area contributed by atoms with Crippen molar-refractivity contribution >= 4 is 27.0 Å². The molecule has 1 aromatic carbocycles. The lowest BCUT2D eigenvalue weighted by Crippen LogP contribution is -2.38. The van der Waals surface area contributed by atoms with Crippen molar-refractivity contribution in [2.75, 3.05) is 18.1 Å². The predicted octanol–water partition coefficient (Wildman–Crippen LogP) is 1.89. The molecule has 2 aliphatic heterocycles. The highest BCUT2D eigenvalue weighted by atomic mass is 32.2. The fourth-order valence-corrected chi connectivity index (χ4v) is 9.17. The first-order valence-corrected chi connectivity index (χ1v) is 12.6. The van der Waals surface area contributed by atoms with E-state index in [0.717, 1.165) is 6.42 Å². The van der Waals surface area contributed by atoms with E-state index in [1.807, 2.05) is 12.1 Å². The zero-order valence-electron chi connectivity index (χ0n) is 14.9. The maximum atomic E-state index is 12.2. The smallest absolute Gasteiger partial charge is 0.344 e. The van der Waals surface area contributed by atoms with Crippen molar-refractivity contribution in [3.05, 3.63) is 24.3 Å². The molecule has 4 fully saturated rings. The van der Waals surface area contributed by atoms with Crippen LogP contribution in [0.4, 0.5) is 0 Å². The van der Waals surface area contributed by atoms with Gasteiger partial charge in [0.15, 0.2) is 11.5 Å². The molecular formula is C19H23O6S2+. The van der Waals surface area contributed by atoms with Crippen LogP contribution >= 0.6 is 0 Å². The molecular weight excluding hydrogens is 388 g/mol. The van der Waals surface area contributed by atoms with Crippen LogP contribution in [0.25, 0.3) is 0 Å². The maximum Gasteiger partial charge on any atom is 0.344 e. The van der Waals surface area contributed by atoms with E-state index in [2.05, 4.69) is 12.1 Å². The summed E-state index contributed by atoms with van der Waals surface area (Å²) < 4.78 is 40.2. The van der Waals surface area contributed by atoms with Crippen LogP contribution in [0.1, 0.15) is 25.7 Å². The number of rotatable bonds is 5. The number of carbonyl (C=O) groups is 1. The number of carbonyl (C=O) groups excluding carboxylic acids is 1. The minimum Gasteiger partial charge on any atom is -0.482 e. The molecule has 4 aliphatic rings. The normalized spacial score (nSPS) is 36.2. The Balaban J connectivity index is 1.15. The molecule has 5 rings (SSSR count). The first-order chi connectivity index (χ1) is 13.0. The average Bonchev–Trinajstić information content (AvgIpc) is 3.40. The Kier molecular flexibility index (Phi) is 4.40. The Morgan fingerprint density at radius 3 is 2.63 bits per heavy atom. The molecule has 0 N–H and O–H groups in total. The second-order valence-electron chi connectivity index (χ2n) is 7.81. The Morgan fingerprint density at radius 1 is 1.15 bits per heavy atom. The number of esters is 1. The molecule has 2 heterocycles. The lowest BCUT2D eigenvalue weighted by atomic mass is 9.94. The van der Waals surface area contributed by atoms with E-state index in [-0.39, 0.29) is 18.4 Å². The van der Waals surface area contributed by atoms with Crippen molar-refractivity contribution in [1.82, 2.24) is 0 Å². The molecule has 5 atom stereocenters. The SMILES string of the molecule is O=C(COc1ccc([S+]2CCCC2)cc1)OC1C2CC3C1OS(=O)(=O)C3C2. The third kappa shape index (κ3) is 3.15. The molecule has 6 nitrogen and oxygen atoms in total. The van der Waals surface area contributed by atoms with E-state index in [9.17, 15) is 13.2 Å². The highest BCUT2D eigenvalue weighted by molar-refractivity contribution is 7.97. The van der Waals surface area contributed by atoms with Crippen LogP contribution < -0.4 is 4.74 Å². The van der Waals surface area contributed by atoms with Crippen molar-refractivity contribution in [3.63, 3.8) is 0 Å². The minimum absolute atomic E-state index is 0.0253. The third-order valence-corrected chi connectivity index (χ3v) is 10.5. The van der Waals surface area contributed by atoms with Gasteiger partial charge in [0.1, 0.15) is 29.5 Å². The van der Waals surface area contributed by atoms with Crippen molar-refractivity contribution in [2.45, 2.75) is 48.0 Å². The first-order valence-electron chi connectivity index (χ1n) is 9.53. The van der Waals surface area contributed by atoms with E-state index >= 15 is 0 Å². The highest BCUT2D eigenvalue weighted by Crippen LogP contribution is 2.55. The van der Waals surface area contributed by atoms with Crippen LogP contribution in [-0.2, 0) is 34.7 Å². The summed E-state index contributed by atoms with van der Waals surface area (Å²) in [7, 11) is -3.12. The van der Waals surface area contributed by atoms with Gasteiger partial charge in [0.05, 0.1) is 5.25 Å². The lowest BCUT2D eigenvalue weighted by Gasteiger charge is -2.24. The Bertz CT molecular complexity index is 830. The zero-order chi connectivity index (χ0) is 18.6. The average molecular weight is 412 g/mol. The standard InChI is InChI=1S/C19H23O6S2/c20-17(11-23-13-3-5-14(6-4-13)26-7-1-2-8-26)24-18-12-9-15-16(10-12)27(21,22)25-19(15)18/h3-6,12,15-16,18-19H,1-2,7-11H2/q+1. The molecule has 2 saturated heterocycles. The Hall–Kier alpha value is -1.25. The number of fused-ring (bicyclic) bond motifs is 1. The summed E-state index contributed by atoms with van der Waals surface area (Å²) in [5.41, 5.74) is 0. The molecule has 8 heteroatoms. The molecule has 27 heavy (non-hydrogen) atoms. The molecule has 2 aliphatic carbocycles. The van der Waals surface area contributed by atoms with Crippen LogP contribution in [0.15, 0.2) is 29.2 Å². The molecule has 0 aromatic heterocycles. The molecule has 0 radical (unpaired) electrons. The quantitative estimate of drug-likeness (QED) is 0.418. The van der Waals surface area contributed by atoms with Crippen molar-refractivity contribution < 1.29 is 26.9 Å². The number of hydrogen-bond acceptors (Lipinski definition) is 6. The van der Waals surface area contributed by atoms with Gasteiger partial charge in [0.2, 0.25) is 0 Å². The molecule has 1 aromatic rings. The van der Waals surface area contributed by atoms with Gasteiger partial charge in [-0.3, -0.25) is 4.18 Å². The summed E-state index contributed by atoms with van der Waals surface area (Å²) in [6.07, 6.45) is 2.94. The number of benzene rings is 1. The van der Waals surface area contributed by atoms with Crippen molar-refractivity contribution in [1.29, 1.82) is 0 Å². The summed E-state index contributed by atoms with van der Waals surface area (Å²) >= 11 is 0. The fraction of sp³-hybridized carbons (Fsp3) is 0.632. The monoisotopic (exact) mass is 411 g/mol. The van der Waals surface area contributed by atoms with Gasteiger partial charge in [0, 0.05) is 22.7 Å². The second kappa shape index (κ2) is 6.67. The lowest BCUT2D eigenvalue weighted by molar-refractivity contribution is -0.158. The van der Waals surface area contributed by atoms with E-state index in [4.69, 9.17) is 13.7 Å². The Morgan fingerprint density at radius 2 is 1.89 bits per heavy atom.